The minimum atomic E-state index is -2.76. The van der Waals surface area contributed by atoms with Crippen molar-refractivity contribution in [2.45, 2.75) is 140 Å². The van der Waals surface area contributed by atoms with Gasteiger partial charge in [-0.2, -0.15) is 0 Å². The second-order valence-electron chi connectivity index (χ2n) is 18.1. The minimum Gasteiger partial charge on any atom is -0.369 e. The van der Waals surface area contributed by atoms with Crippen LogP contribution >= 0.6 is 0 Å². The predicted molar refractivity (Wildman–Crippen MR) is 187 cm³/mol. The summed E-state index contributed by atoms with van der Waals surface area (Å²) < 4.78 is 80.2. The van der Waals surface area contributed by atoms with Gasteiger partial charge in [0.1, 0.15) is 12.6 Å². The van der Waals surface area contributed by atoms with E-state index in [9.17, 15) is 26.6 Å². The lowest BCUT2D eigenvalue weighted by atomic mass is 9.49. The van der Waals surface area contributed by atoms with Crippen LogP contribution in [0.5, 0.6) is 0 Å². The Balaban J connectivity index is 1.34. The largest absolute Gasteiger partial charge is 0.369 e. The standard InChI is InChI=1S/C36H54F4N4O3SSi/c1-33(2,3)48(46)43-27(13-22-15-34(16-22)19-36(39,40)20-34)32-42-26-14-24(9-10-28(26)44(32)21-47-11-12-49(4,5)6)29(23-7-8-23)30(31(41)45)25-17-35(37,38)18-25/h9-10,14,22-23,25,27,29-30,43H,7-8,11-13,15-21H2,1-6H3,(H2,41,45)/t27-,29-,30?,48+/m0/s1. The number of alkyl halides is 4. The number of hydrogen-bond acceptors (Lipinski definition) is 4. The lowest BCUT2D eigenvalue weighted by molar-refractivity contribution is -0.207. The molecule has 274 valence electrons. The molecule has 0 saturated heterocycles. The Morgan fingerprint density at radius 1 is 1.08 bits per heavy atom. The van der Waals surface area contributed by atoms with Crippen LogP contribution in [-0.2, 0) is 27.2 Å². The molecule has 4 aliphatic carbocycles. The van der Waals surface area contributed by atoms with E-state index in [2.05, 4.69) is 24.4 Å². The Hall–Kier alpha value is -1.83. The first-order valence-corrected chi connectivity index (χ1v) is 22.8. The summed E-state index contributed by atoms with van der Waals surface area (Å²) in [6, 6.07) is 6.48. The van der Waals surface area contributed by atoms with Crippen LogP contribution in [0.15, 0.2) is 18.2 Å². The number of carbonyl (C=O) groups excluding carboxylic acids is 1. The summed E-state index contributed by atoms with van der Waals surface area (Å²) in [7, 11) is -2.78. The summed E-state index contributed by atoms with van der Waals surface area (Å²) in [5.41, 5.74) is 8.02. The monoisotopic (exact) mass is 726 g/mol. The summed E-state index contributed by atoms with van der Waals surface area (Å²) in [6.07, 6.45) is 3.12. The van der Waals surface area contributed by atoms with E-state index in [4.69, 9.17) is 15.5 Å². The minimum absolute atomic E-state index is 0.0539. The smallest absolute Gasteiger partial charge is 0.249 e. The van der Waals surface area contributed by atoms with Gasteiger partial charge in [0.15, 0.2) is 0 Å². The zero-order valence-electron chi connectivity index (χ0n) is 29.8. The number of primary amides is 1. The van der Waals surface area contributed by atoms with Crippen molar-refractivity contribution in [1.29, 1.82) is 0 Å². The van der Waals surface area contributed by atoms with Gasteiger partial charge >= 0.3 is 0 Å². The average Bonchev–Trinajstić information content (AvgIpc) is 3.69. The number of imidazole rings is 1. The van der Waals surface area contributed by atoms with Crippen molar-refractivity contribution in [3.8, 4) is 0 Å². The number of benzene rings is 1. The van der Waals surface area contributed by atoms with Gasteiger partial charge in [0.25, 0.3) is 0 Å². The molecule has 4 fully saturated rings. The Labute approximate surface area is 291 Å². The molecule has 7 nitrogen and oxygen atoms in total. The van der Waals surface area contributed by atoms with Crippen molar-refractivity contribution < 1.29 is 31.3 Å². The number of rotatable bonds is 15. The van der Waals surface area contributed by atoms with Crippen LogP contribution in [0.2, 0.25) is 25.7 Å². The molecule has 49 heavy (non-hydrogen) atoms. The van der Waals surface area contributed by atoms with E-state index in [1.165, 1.54) is 0 Å². The molecule has 1 amide bonds. The van der Waals surface area contributed by atoms with Crippen molar-refractivity contribution in [3.63, 3.8) is 0 Å². The fourth-order valence-corrected chi connectivity index (χ4v) is 10.3. The van der Waals surface area contributed by atoms with Crippen molar-refractivity contribution in [3.05, 3.63) is 29.6 Å². The number of halogens is 4. The number of ether oxygens (including phenoxy) is 1. The highest BCUT2D eigenvalue weighted by Gasteiger charge is 2.62. The van der Waals surface area contributed by atoms with Gasteiger partial charge < -0.3 is 15.0 Å². The highest BCUT2D eigenvalue weighted by atomic mass is 32.2. The van der Waals surface area contributed by atoms with Crippen LogP contribution in [0.3, 0.4) is 0 Å². The Morgan fingerprint density at radius 3 is 2.27 bits per heavy atom. The van der Waals surface area contributed by atoms with Crippen LogP contribution in [0, 0.1) is 29.1 Å². The molecule has 0 radical (unpaired) electrons. The van der Waals surface area contributed by atoms with E-state index in [0.717, 1.165) is 42.8 Å². The molecular formula is C36H54F4N4O3SSi. The summed E-state index contributed by atoms with van der Waals surface area (Å²) in [4.78, 5) is 18.0. The molecule has 1 heterocycles. The van der Waals surface area contributed by atoms with Crippen molar-refractivity contribution in [1.82, 2.24) is 14.3 Å². The number of fused-ring (bicyclic) bond motifs is 1. The molecule has 1 unspecified atom stereocenters. The van der Waals surface area contributed by atoms with E-state index in [0.29, 0.717) is 24.4 Å². The fraction of sp³-hybridized carbons (Fsp3) is 0.778. The van der Waals surface area contributed by atoms with Crippen LogP contribution in [0.1, 0.15) is 102 Å². The maximum absolute atomic E-state index is 14.0. The van der Waals surface area contributed by atoms with Crippen molar-refractivity contribution in [2.75, 3.05) is 6.61 Å². The SMILES string of the molecule is CC(C)(C)[S@@](=O)N[C@@H](CC1CC2(C1)CC(F)(F)C2)c1nc2cc([C@H](C3CC3)C(C(N)=O)C3CC(F)(F)C3)ccc2n1COCC[Si](C)(C)C. The molecule has 1 aromatic heterocycles. The molecule has 3 N–H and O–H groups in total. The molecule has 13 heteroatoms. The first-order valence-electron chi connectivity index (χ1n) is 18.0. The first-order chi connectivity index (χ1) is 22.6. The molecule has 1 aromatic carbocycles. The summed E-state index contributed by atoms with van der Waals surface area (Å²) in [5.74, 6) is -6.19. The molecular weight excluding hydrogens is 673 g/mol. The zero-order valence-corrected chi connectivity index (χ0v) is 31.6. The Bertz CT molecular complexity index is 1560. The summed E-state index contributed by atoms with van der Waals surface area (Å²) >= 11 is 0. The molecule has 1 spiro atoms. The number of carbonyl (C=O) groups is 1. The van der Waals surface area contributed by atoms with E-state index in [1.54, 1.807) is 0 Å². The molecule has 4 aliphatic rings. The van der Waals surface area contributed by atoms with E-state index in [-0.39, 0.29) is 55.6 Å². The molecule has 6 rings (SSSR count). The van der Waals surface area contributed by atoms with Crippen molar-refractivity contribution >= 4 is 36.0 Å². The van der Waals surface area contributed by atoms with Crippen molar-refractivity contribution in [2.24, 2.45) is 34.8 Å². The Morgan fingerprint density at radius 2 is 1.73 bits per heavy atom. The second-order valence-corrected chi connectivity index (χ2v) is 25.7. The second kappa shape index (κ2) is 13.0. The highest BCUT2D eigenvalue weighted by molar-refractivity contribution is 7.84. The average molecular weight is 727 g/mol. The zero-order chi connectivity index (χ0) is 35.7. The number of nitrogens with two attached hydrogens (primary N) is 1. The highest BCUT2D eigenvalue weighted by Crippen LogP contribution is 2.65. The fourth-order valence-electron chi connectivity index (χ4n) is 8.71. The van der Waals surface area contributed by atoms with E-state index >= 15 is 0 Å². The van der Waals surface area contributed by atoms with Gasteiger partial charge in [0.2, 0.25) is 17.8 Å². The maximum Gasteiger partial charge on any atom is 0.249 e. The van der Waals surface area contributed by atoms with Gasteiger partial charge in [-0.3, -0.25) is 4.79 Å². The van der Waals surface area contributed by atoms with Crippen LogP contribution in [0.25, 0.3) is 11.0 Å². The van der Waals surface area contributed by atoms with Gasteiger partial charge in [-0.05, 0) is 106 Å². The Kier molecular flexibility index (Phi) is 9.79. The van der Waals surface area contributed by atoms with Gasteiger partial charge in [0.05, 0.1) is 32.8 Å². The number of nitrogens with one attached hydrogen (secondary N) is 1. The quantitative estimate of drug-likeness (QED) is 0.110. The normalized spacial score (nSPS) is 25.6. The third-order valence-electron chi connectivity index (χ3n) is 11.3. The van der Waals surface area contributed by atoms with E-state index in [1.807, 2.05) is 43.5 Å². The first kappa shape index (κ1) is 36.9. The molecule has 2 aromatic rings. The third-order valence-corrected chi connectivity index (χ3v) is 14.6. The third kappa shape index (κ3) is 8.30. The van der Waals surface area contributed by atoms with Crippen LogP contribution in [-0.4, -0.2) is 50.9 Å². The van der Waals surface area contributed by atoms with Crippen LogP contribution in [0.4, 0.5) is 17.6 Å². The maximum atomic E-state index is 14.0. The van der Waals surface area contributed by atoms with E-state index < -0.39 is 59.4 Å². The van der Waals surface area contributed by atoms with Gasteiger partial charge in [-0.15, -0.1) is 0 Å². The molecule has 4 saturated carbocycles. The van der Waals surface area contributed by atoms with Gasteiger partial charge in [-0.1, -0.05) is 25.7 Å². The number of aromatic nitrogens is 2. The molecule has 0 aliphatic heterocycles. The summed E-state index contributed by atoms with van der Waals surface area (Å²) in [5, 5.41) is 0. The number of nitrogens with zero attached hydrogens (tertiary/aromatic N) is 2. The molecule has 0 bridgehead atoms. The van der Waals surface area contributed by atoms with Gasteiger partial charge in [-0.25, -0.2) is 31.5 Å². The number of hydrogen-bond donors (Lipinski definition) is 2. The lowest BCUT2D eigenvalue weighted by Crippen LogP contribution is -2.54. The summed E-state index contributed by atoms with van der Waals surface area (Å²) in [6.45, 7) is 13.4. The lowest BCUT2D eigenvalue weighted by Gasteiger charge is -2.58. The molecule has 4 atom stereocenters. The number of amides is 1. The predicted octanol–water partition coefficient (Wildman–Crippen LogP) is 8.30. The topological polar surface area (TPSA) is 99.2 Å². The van der Waals surface area contributed by atoms with Crippen LogP contribution < -0.4 is 10.5 Å². The van der Waals surface area contributed by atoms with Gasteiger partial charge in [0, 0.05) is 46.3 Å².